The third-order valence-electron chi connectivity index (χ3n) is 4.14. The fourth-order valence-corrected chi connectivity index (χ4v) is 3.16. The number of aromatic nitrogens is 2. The second-order valence-electron chi connectivity index (χ2n) is 5.95. The smallest absolute Gasteiger partial charge is 0.320 e. The number of hydrogen-bond acceptors (Lipinski definition) is 4. The first kappa shape index (κ1) is 15.7. The number of carbonyl (C=O) groups excluding carboxylic acids is 1. The second-order valence-corrected chi connectivity index (χ2v) is 5.95. The van der Waals surface area contributed by atoms with E-state index in [0.717, 1.165) is 24.2 Å². The summed E-state index contributed by atoms with van der Waals surface area (Å²) in [4.78, 5) is 13.6. The second kappa shape index (κ2) is 6.96. The maximum Gasteiger partial charge on any atom is 0.320 e. The molecule has 0 fully saturated rings. The van der Waals surface area contributed by atoms with Crippen molar-refractivity contribution in [2.45, 2.75) is 32.7 Å². The highest BCUT2D eigenvalue weighted by molar-refractivity contribution is 5.71. The summed E-state index contributed by atoms with van der Waals surface area (Å²) in [6, 6.07) is 10.2. The van der Waals surface area contributed by atoms with Gasteiger partial charge in [0.1, 0.15) is 0 Å². The zero-order valence-corrected chi connectivity index (χ0v) is 13.8. The molecule has 0 spiro atoms. The Bertz CT molecular complexity index is 679. The van der Waals surface area contributed by atoms with Gasteiger partial charge in [-0.25, -0.2) is 4.68 Å². The van der Waals surface area contributed by atoms with E-state index in [1.165, 1.54) is 17.7 Å². The number of rotatable bonds is 6. The van der Waals surface area contributed by atoms with Gasteiger partial charge in [-0.3, -0.25) is 9.69 Å². The summed E-state index contributed by atoms with van der Waals surface area (Å²) in [6.07, 6.45) is 3.32. The predicted molar refractivity (Wildman–Crippen MR) is 88.6 cm³/mol. The van der Waals surface area contributed by atoms with E-state index in [9.17, 15) is 4.79 Å². The molecule has 1 aromatic carbocycles. The number of esters is 1. The predicted octanol–water partition coefficient (Wildman–Crippen LogP) is 2.36. The minimum atomic E-state index is -0.186. The van der Waals surface area contributed by atoms with Crippen molar-refractivity contribution in [3.05, 3.63) is 47.3 Å². The quantitative estimate of drug-likeness (QED) is 0.768. The lowest BCUT2D eigenvalue weighted by atomic mass is 10.2. The topological polar surface area (TPSA) is 47.4 Å². The monoisotopic (exact) mass is 313 g/mol. The van der Waals surface area contributed by atoms with Crippen LogP contribution in [0.4, 0.5) is 0 Å². The molecule has 2 aromatic rings. The summed E-state index contributed by atoms with van der Waals surface area (Å²) < 4.78 is 7.08. The average Bonchev–Trinajstić information content (AvgIpc) is 3.12. The van der Waals surface area contributed by atoms with Gasteiger partial charge in [-0.15, -0.1) is 0 Å². The maximum absolute atomic E-state index is 11.6. The van der Waals surface area contributed by atoms with Crippen LogP contribution in [0.25, 0.3) is 5.69 Å². The fraction of sp³-hybridized carbons (Fsp3) is 0.444. The Morgan fingerprint density at radius 1 is 1.30 bits per heavy atom. The van der Waals surface area contributed by atoms with Gasteiger partial charge in [-0.2, -0.15) is 5.10 Å². The Balaban J connectivity index is 1.80. The molecule has 5 nitrogen and oxygen atoms in total. The minimum Gasteiger partial charge on any atom is -0.465 e. The van der Waals surface area contributed by atoms with Gasteiger partial charge in [0.05, 0.1) is 24.5 Å². The van der Waals surface area contributed by atoms with E-state index >= 15 is 0 Å². The van der Waals surface area contributed by atoms with Crippen molar-refractivity contribution in [1.82, 2.24) is 14.7 Å². The number of ether oxygens (including phenoxy) is 1. The van der Waals surface area contributed by atoms with Gasteiger partial charge in [0.25, 0.3) is 0 Å². The van der Waals surface area contributed by atoms with Crippen molar-refractivity contribution in [3.63, 3.8) is 0 Å². The van der Waals surface area contributed by atoms with Crippen molar-refractivity contribution in [2.24, 2.45) is 0 Å². The summed E-state index contributed by atoms with van der Waals surface area (Å²) in [6.45, 7) is 3.21. The number of carbonyl (C=O) groups is 1. The Hall–Kier alpha value is -2.14. The van der Waals surface area contributed by atoms with E-state index in [0.29, 0.717) is 19.7 Å². The van der Waals surface area contributed by atoms with Gasteiger partial charge >= 0.3 is 5.97 Å². The third-order valence-corrected chi connectivity index (χ3v) is 4.14. The molecule has 0 amide bonds. The summed E-state index contributed by atoms with van der Waals surface area (Å²) in [5, 5.41) is 4.82. The van der Waals surface area contributed by atoms with Gasteiger partial charge in [0, 0.05) is 12.2 Å². The average molecular weight is 313 g/mol. The van der Waals surface area contributed by atoms with E-state index in [2.05, 4.69) is 16.8 Å². The van der Waals surface area contributed by atoms with E-state index in [-0.39, 0.29) is 5.97 Å². The number of para-hydroxylation sites is 1. The molecule has 1 heterocycles. The SMILES string of the molecule is CCOC(=O)CN(C)Cc1nn(-c2ccccc2)c2c1CCC2. The highest BCUT2D eigenvalue weighted by Crippen LogP contribution is 2.28. The lowest BCUT2D eigenvalue weighted by molar-refractivity contribution is -0.144. The lowest BCUT2D eigenvalue weighted by Crippen LogP contribution is -2.27. The van der Waals surface area contributed by atoms with Crippen LogP contribution in [0.15, 0.2) is 30.3 Å². The van der Waals surface area contributed by atoms with Crippen LogP contribution in [0.3, 0.4) is 0 Å². The summed E-state index contributed by atoms with van der Waals surface area (Å²) >= 11 is 0. The normalized spacial score (nSPS) is 13.3. The Morgan fingerprint density at radius 2 is 2.09 bits per heavy atom. The van der Waals surface area contributed by atoms with Crippen LogP contribution in [0.2, 0.25) is 0 Å². The third kappa shape index (κ3) is 3.45. The molecule has 0 atom stereocenters. The van der Waals surface area contributed by atoms with Gasteiger partial charge < -0.3 is 4.74 Å². The number of nitrogens with zero attached hydrogens (tertiary/aromatic N) is 3. The number of benzene rings is 1. The zero-order chi connectivity index (χ0) is 16.2. The largest absolute Gasteiger partial charge is 0.465 e. The summed E-state index contributed by atoms with van der Waals surface area (Å²) in [5.41, 5.74) is 4.85. The molecule has 23 heavy (non-hydrogen) atoms. The Morgan fingerprint density at radius 3 is 2.83 bits per heavy atom. The first-order valence-electron chi connectivity index (χ1n) is 8.18. The molecule has 0 saturated carbocycles. The van der Waals surface area contributed by atoms with Gasteiger partial charge in [0.15, 0.2) is 0 Å². The van der Waals surface area contributed by atoms with E-state index in [1.54, 1.807) is 0 Å². The van der Waals surface area contributed by atoms with Crippen molar-refractivity contribution in [1.29, 1.82) is 0 Å². The maximum atomic E-state index is 11.6. The molecule has 1 aromatic heterocycles. The van der Waals surface area contributed by atoms with E-state index in [4.69, 9.17) is 9.84 Å². The molecule has 0 N–H and O–H groups in total. The summed E-state index contributed by atoms with van der Waals surface area (Å²) in [5.74, 6) is -0.186. The van der Waals surface area contributed by atoms with Crippen LogP contribution < -0.4 is 0 Å². The van der Waals surface area contributed by atoms with Crippen LogP contribution in [-0.2, 0) is 28.9 Å². The molecule has 122 valence electrons. The van der Waals surface area contributed by atoms with Crippen LogP contribution in [0.1, 0.15) is 30.3 Å². The Kier molecular flexibility index (Phi) is 4.76. The fourth-order valence-electron chi connectivity index (χ4n) is 3.16. The molecule has 1 aliphatic carbocycles. The molecular weight excluding hydrogens is 290 g/mol. The van der Waals surface area contributed by atoms with Crippen molar-refractivity contribution in [3.8, 4) is 5.69 Å². The van der Waals surface area contributed by atoms with Gasteiger partial charge in [-0.05, 0) is 50.9 Å². The molecular formula is C18H23N3O2. The van der Waals surface area contributed by atoms with Crippen LogP contribution in [0, 0.1) is 0 Å². The molecule has 3 rings (SSSR count). The number of hydrogen-bond donors (Lipinski definition) is 0. The highest BCUT2D eigenvalue weighted by Gasteiger charge is 2.24. The van der Waals surface area contributed by atoms with Gasteiger partial charge in [0.2, 0.25) is 0 Å². The van der Waals surface area contributed by atoms with Crippen molar-refractivity contribution in [2.75, 3.05) is 20.2 Å². The molecule has 5 heteroatoms. The Labute approximate surface area is 136 Å². The molecule has 0 aliphatic heterocycles. The summed E-state index contributed by atoms with van der Waals surface area (Å²) in [7, 11) is 1.93. The lowest BCUT2D eigenvalue weighted by Gasteiger charge is -2.14. The minimum absolute atomic E-state index is 0.186. The van der Waals surface area contributed by atoms with E-state index in [1.807, 2.05) is 37.1 Å². The van der Waals surface area contributed by atoms with Gasteiger partial charge in [-0.1, -0.05) is 18.2 Å². The standard InChI is InChI=1S/C18H23N3O2/c1-3-23-18(22)13-20(2)12-16-15-10-7-11-17(15)21(19-16)14-8-5-4-6-9-14/h4-6,8-9H,3,7,10-13H2,1-2H3. The van der Waals surface area contributed by atoms with Crippen LogP contribution in [0.5, 0.6) is 0 Å². The molecule has 1 aliphatic rings. The first-order valence-corrected chi connectivity index (χ1v) is 8.18. The first-order chi connectivity index (χ1) is 11.2. The molecule has 0 unspecified atom stereocenters. The van der Waals surface area contributed by atoms with Crippen LogP contribution >= 0.6 is 0 Å². The zero-order valence-electron chi connectivity index (χ0n) is 13.8. The molecule has 0 saturated heterocycles. The van der Waals surface area contributed by atoms with Crippen LogP contribution in [-0.4, -0.2) is 40.8 Å². The van der Waals surface area contributed by atoms with Crippen molar-refractivity contribution < 1.29 is 9.53 Å². The number of fused-ring (bicyclic) bond motifs is 1. The van der Waals surface area contributed by atoms with E-state index < -0.39 is 0 Å². The number of likely N-dealkylation sites (N-methyl/N-ethyl adjacent to an activating group) is 1. The molecule has 0 bridgehead atoms. The van der Waals surface area contributed by atoms with Crippen molar-refractivity contribution >= 4 is 5.97 Å². The highest BCUT2D eigenvalue weighted by atomic mass is 16.5. The molecule has 0 radical (unpaired) electrons.